The molecule has 0 unspecified atom stereocenters. The third-order valence-electron chi connectivity index (χ3n) is 4.08. The van der Waals surface area contributed by atoms with Crippen LogP contribution in [0.15, 0.2) is 10.3 Å². The number of sulfonamides is 1. The molecule has 2 N–H and O–H groups in total. The topological polar surface area (TPSA) is 83.5 Å². The van der Waals surface area contributed by atoms with Gasteiger partial charge < -0.3 is 5.11 Å². The Labute approximate surface area is 129 Å². The average molecular weight is 331 g/mol. The Morgan fingerprint density at radius 1 is 1.38 bits per heavy atom. The Morgan fingerprint density at radius 2 is 2.00 bits per heavy atom. The minimum Gasteiger partial charge on any atom is -0.477 e. The predicted molar refractivity (Wildman–Crippen MR) is 82.3 cm³/mol. The van der Waals surface area contributed by atoms with Crippen molar-refractivity contribution in [1.82, 2.24) is 4.72 Å². The maximum atomic E-state index is 12.4. The largest absolute Gasteiger partial charge is 0.477 e. The lowest BCUT2D eigenvalue weighted by molar-refractivity contribution is 0.0698. The standard InChI is InChI=1S/C14H21NO4S2/c1-9-3-5-11(6-4-9)7-15-21(18,19)13-10(2)8-20-12(13)14(16)17/h8-9,11,15H,3-7H2,1-2H3,(H,16,17). The molecular weight excluding hydrogens is 310 g/mol. The van der Waals surface area contributed by atoms with Crippen LogP contribution in [-0.2, 0) is 10.0 Å². The summed E-state index contributed by atoms with van der Waals surface area (Å²) < 4.78 is 27.4. The second kappa shape index (κ2) is 6.46. The van der Waals surface area contributed by atoms with Crippen LogP contribution in [0, 0.1) is 18.8 Å². The molecule has 1 fully saturated rings. The molecule has 0 atom stereocenters. The molecule has 0 bridgehead atoms. The van der Waals surface area contributed by atoms with E-state index in [2.05, 4.69) is 11.6 Å². The molecule has 5 nitrogen and oxygen atoms in total. The van der Waals surface area contributed by atoms with E-state index in [-0.39, 0.29) is 9.77 Å². The molecule has 0 spiro atoms. The summed E-state index contributed by atoms with van der Waals surface area (Å²) >= 11 is 0.954. The Morgan fingerprint density at radius 3 is 2.57 bits per heavy atom. The molecule has 1 aromatic rings. The Balaban J connectivity index is 2.09. The van der Waals surface area contributed by atoms with Gasteiger partial charge in [0, 0.05) is 6.54 Å². The lowest BCUT2D eigenvalue weighted by Crippen LogP contribution is -2.32. The van der Waals surface area contributed by atoms with Gasteiger partial charge in [0.05, 0.1) is 0 Å². The van der Waals surface area contributed by atoms with Crippen molar-refractivity contribution in [2.24, 2.45) is 11.8 Å². The van der Waals surface area contributed by atoms with Crippen molar-refractivity contribution in [2.45, 2.75) is 44.4 Å². The van der Waals surface area contributed by atoms with Crippen molar-refractivity contribution >= 4 is 27.3 Å². The van der Waals surface area contributed by atoms with Crippen molar-refractivity contribution in [3.63, 3.8) is 0 Å². The summed E-state index contributed by atoms with van der Waals surface area (Å²) in [6, 6.07) is 0. The fourth-order valence-corrected chi connectivity index (χ4v) is 5.49. The monoisotopic (exact) mass is 331 g/mol. The first-order valence-electron chi connectivity index (χ1n) is 7.12. The van der Waals surface area contributed by atoms with Crippen molar-refractivity contribution in [2.75, 3.05) is 6.54 Å². The number of carboxylic acids is 1. The van der Waals surface area contributed by atoms with Gasteiger partial charge in [0.15, 0.2) is 0 Å². The zero-order valence-corrected chi connectivity index (χ0v) is 13.9. The number of carboxylic acid groups (broad SMARTS) is 1. The van der Waals surface area contributed by atoms with Crippen molar-refractivity contribution in [3.8, 4) is 0 Å². The molecule has 0 saturated heterocycles. The van der Waals surface area contributed by atoms with Crippen molar-refractivity contribution in [3.05, 3.63) is 15.8 Å². The molecule has 0 aliphatic heterocycles. The summed E-state index contributed by atoms with van der Waals surface area (Å²) in [5, 5.41) is 10.7. The number of hydrogen-bond acceptors (Lipinski definition) is 4. The first-order chi connectivity index (χ1) is 9.81. The highest BCUT2D eigenvalue weighted by Gasteiger charge is 2.28. The molecule has 1 aliphatic carbocycles. The first-order valence-corrected chi connectivity index (χ1v) is 9.48. The van der Waals surface area contributed by atoms with Crippen LogP contribution in [0.4, 0.5) is 0 Å². The van der Waals surface area contributed by atoms with Gasteiger partial charge in [-0.2, -0.15) is 0 Å². The number of carbonyl (C=O) groups is 1. The lowest BCUT2D eigenvalue weighted by atomic mass is 9.83. The highest BCUT2D eigenvalue weighted by atomic mass is 32.2. The lowest BCUT2D eigenvalue weighted by Gasteiger charge is -2.26. The van der Waals surface area contributed by atoms with Crippen LogP contribution in [0.25, 0.3) is 0 Å². The minimum atomic E-state index is -3.76. The maximum absolute atomic E-state index is 12.4. The molecule has 1 saturated carbocycles. The summed E-state index contributed by atoms with van der Waals surface area (Å²) in [7, 11) is -3.76. The van der Waals surface area contributed by atoms with Gasteiger partial charge >= 0.3 is 5.97 Å². The Kier molecular flexibility index (Phi) is 5.06. The third-order valence-corrected chi connectivity index (χ3v) is 6.90. The number of rotatable bonds is 5. The molecule has 0 amide bonds. The van der Waals surface area contributed by atoms with Crippen LogP contribution in [0.5, 0.6) is 0 Å². The number of nitrogens with one attached hydrogen (secondary N) is 1. The molecule has 2 rings (SSSR count). The second-order valence-electron chi connectivity index (χ2n) is 5.86. The van der Waals surface area contributed by atoms with Crippen molar-refractivity contribution in [1.29, 1.82) is 0 Å². The number of hydrogen-bond donors (Lipinski definition) is 2. The van der Waals surface area contributed by atoms with Crippen molar-refractivity contribution < 1.29 is 18.3 Å². The summed E-state index contributed by atoms with van der Waals surface area (Å²) in [5.41, 5.74) is 0.488. The zero-order valence-electron chi connectivity index (χ0n) is 12.3. The van der Waals surface area contributed by atoms with Gasteiger partial charge in [0.2, 0.25) is 10.0 Å². The van der Waals surface area contributed by atoms with Crippen LogP contribution in [0.1, 0.15) is 47.8 Å². The van der Waals surface area contributed by atoms with Gasteiger partial charge in [-0.1, -0.05) is 19.8 Å². The normalized spacial score (nSPS) is 23.1. The van der Waals surface area contributed by atoms with Gasteiger partial charge in [-0.3, -0.25) is 0 Å². The van der Waals surface area contributed by atoms with Crippen LogP contribution in [0.3, 0.4) is 0 Å². The second-order valence-corrected chi connectivity index (χ2v) is 8.44. The summed E-state index contributed by atoms with van der Waals surface area (Å²) in [4.78, 5) is 10.9. The van der Waals surface area contributed by atoms with E-state index < -0.39 is 16.0 Å². The summed E-state index contributed by atoms with van der Waals surface area (Å²) in [6.07, 6.45) is 4.31. The molecule has 0 aromatic carbocycles. The molecular formula is C14H21NO4S2. The maximum Gasteiger partial charge on any atom is 0.347 e. The SMILES string of the molecule is Cc1csc(C(=O)O)c1S(=O)(=O)NCC1CCC(C)CC1. The van der Waals surface area contributed by atoms with E-state index in [1.807, 2.05) is 0 Å². The Hall–Kier alpha value is -0.920. The van der Waals surface area contributed by atoms with E-state index in [4.69, 9.17) is 5.11 Å². The van der Waals surface area contributed by atoms with E-state index in [0.29, 0.717) is 18.0 Å². The third kappa shape index (κ3) is 3.84. The fraction of sp³-hybridized carbons (Fsp3) is 0.643. The molecule has 21 heavy (non-hydrogen) atoms. The Bertz CT molecular complexity index is 613. The first kappa shape index (κ1) is 16.5. The highest BCUT2D eigenvalue weighted by molar-refractivity contribution is 7.89. The zero-order chi connectivity index (χ0) is 15.6. The van der Waals surface area contributed by atoms with Crippen LogP contribution in [-0.4, -0.2) is 26.0 Å². The van der Waals surface area contributed by atoms with Gasteiger partial charge in [0.25, 0.3) is 0 Å². The van der Waals surface area contributed by atoms with E-state index in [9.17, 15) is 13.2 Å². The molecule has 1 aliphatic rings. The smallest absolute Gasteiger partial charge is 0.347 e. The minimum absolute atomic E-state index is 0.0795. The summed E-state index contributed by atoms with van der Waals surface area (Å²) in [5.74, 6) is -0.126. The van der Waals surface area contributed by atoms with Crippen LogP contribution in [0.2, 0.25) is 0 Å². The molecule has 118 valence electrons. The number of thiophene rings is 1. The molecule has 1 heterocycles. The average Bonchev–Trinajstić information content (AvgIpc) is 2.81. The predicted octanol–water partition coefficient (Wildman–Crippen LogP) is 2.86. The van der Waals surface area contributed by atoms with Crippen LogP contribution >= 0.6 is 11.3 Å². The number of aromatic carboxylic acids is 1. The highest BCUT2D eigenvalue weighted by Crippen LogP contribution is 2.29. The quantitative estimate of drug-likeness (QED) is 0.869. The van der Waals surface area contributed by atoms with Crippen LogP contribution < -0.4 is 4.72 Å². The van der Waals surface area contributed by atoms with E-state index in [1.165, 1.54) is 0 Å². The van der Waals surface area contributed by atoms with Gasteiger partial charge in [-0.15, -0.1) is 11.3 Å². The number of aryl methyl sites for hydroxylation is 1. The summed E-state index contributed by atoms with van der Waals surface area (Å²) in [6.45, 7) is 4.23. The van der Waals surface area contributed by atoms with E-state index in [0.717, 1.165) is 42.9 Å². The van der Waals surface area contributed by atoms with Gasteiger partial charge in [-0.25, -0.2) is 17.9 Å². The molecule has 1 aromatic heterocycles. The molecule has 0 radical (unpaired) electrons. The molecule has 7 heteroatoms. The van der Waals surface area contributed by atoms with Gasteiger partial charge in [0.1, 0.15) is 9.77 Å². The van der Waals surface area contributed by atoms with Gasteiger partial charge in [-0.05, 0) is 42.5 Å². The fourth-order valence-electron chi connectivity index (χ4n) is 2.75. The van der Waals surface area contributed by atoms with E-state index in [1.54, 1.807) is 12.3 Å². The van der Waals surface area contributed by atoms with E-state index >= 15 is 0 Å².